The number of aromatic nitrogens is 6. The van der Waals surface area contributed by atoms with Crippen molar-refractivity contribution in [3.63, 3.8) is 0 Å². The second-order valence-electron chi connectivity index (χ2n) is 7.79. The zero-order valence-electron chi connectivity index (χ0n) is 17.1. The minimum Gasteiger partial charge on any atom is -0.365 e. The van der Waals surface area contributed by atoms with Gasteiger partial charge in [-0.2, -0.15) is 0 Å². The monoisotopic (exact) mass is 432 g/mol. The summed E-state index contributed by atoms with van der Waals surface area (Å²) in [5.41, 5.74) is 1.94. The van der Waals surface area contributed by atoms with Crippen molar-refractivity contribution < 1.29 is 9.18 Å². The summed E-state index contributed by atoms with van der Waals surface area (Å²) in [7, 11) is 0. The summed E-state index contributed by atoms with van der Waals surface area (Å²) in [6.45, 7) is 0. The van der Waals surface area contributed by atoms with Gasteiger partial charge in [0.05, 0.1) is 6.20 Å². The van der Waals surface area contributed by atoms with E-state index in [0.29, 0.717) is 29.0 Å². The summed E-state index contributed by atoms with van der Waals surface area (Å²) >= 11 is 0. The number of pyridine rings is 1. The van der Waals surface area contributed by atoms with Crippen LogP contribution in [0.15, 0.2) is 49.4 Å². The van der Waals surface area contributed by atoms with E-state index in [1.54, 1.807) is 36.9 Å². The van der Waals surface area contributed by atoms with Crippen LogP contribution in [0.5, 0.6) is 0 Å². The number of amides is 1. The van der Waals surface area contributed by atoms with Crippen molar-refractivity contribution >= 4 is 22.8 Å². The molecular weight excluding hydrogens is 411 g/mol. The average Bonchev–Trinajstić information content (AvgIpc) is 3.26. The average molecular weight is 432 g/mol. The molecule has 1 saturated carbocycles. The molecule has 1 fully saturated rings. The lowest BCUT2D eigenvalue weighted by molar-refractivity contribution is 0.0926. The normalized spacial score (nSPS) is 18.4. The Morgan fingerprint density at radius 1 is 1.09 bits per heavy atom. The highest BCUT2D eigenvalue weighted by atomic mass is 19.1. The number of anilines is 1. The molecule has 0 spiro atoms. The second kappa shape index (κ2) is 8.66. The summed E-state index contributed by atoms with van der Waals surface area (Å²) in [6, 6.07) is 3.34. The van der Waals surface area contributed by atoms with E-state index in [1.165, 1.54) is 12.5 Å². The van der Waals surface area contributed by atoms with Crippen molar-refractivity contribution in [2.45, 2.75) is 37.8 Å². The number of rotatable bonds is 5. The number of carbonyl (C=O) groups excluding carboxylic acids is 1. The molecule has 1 aliphatic rings. The van der Waals surface area contributed by atoms with E-state index in [1.807, 2.05) is 0 Å². The number of nitrogens with one attached hydrogen (secondary N) is 3. The van der Waals surface area contributed by atoms with Gasteiger partial charge in [-0.15, -0.1) is 0 Å². The standard InChI is InChI=1S/C22H21FN8O/c23-18-11-27-20(17-10-26-19-16(17)9-25-12-28-19)31-21(18)29-14-2-1-3-15(8-14)30-22(32)13-4-6-24-7-5-13/h4-7,9-12,14-15H,1-3,8H2,(H,30,32)(H,25,26,28)(H,27,29,31). The Morgan fingerprint density at radius 2 is 1.94 bits per heavy atom. The third-order valence-electron chi connectivity index (χ3n) is 5.63. The van der Waals surface area contributed by atoms with Crippen LogP contribution in [0.4, 0.5) is 10.2 Å². The lowest BCUT2D eigenvalue weighted by Crippen LogP contribution is -2.42. The Kier molecular flexibility index (Phi) is 5.40. The molecule has 4 aromatic rings. The topological polar surface area (TPSA) is 121 Å². The number of aromatic amines is 1. The Balaban J connectivity index is 1.30. The van der Waals surface area contributed by atoms with Crippen LogP contribution in [0, 0.1) is 5.82 Å². The highest BCUT2D eigenvalue weighted by Crippen LogP contribution is 2.27. The predicted molar refractivity (Wildman–Crippen MR) is 116 cm³/mol. The summed E-state index contributed by atoms with van der Waals surface area (Å²) in [5.74, 6) is -0.122. The van der Waals surface area contributed by atoms with Gasteiger partial charge in [0.1, 0.15) is 12.0 Å². The first-order valence-corrected chi connectivity index (χ1v) is 10.4. The fraction of sp³-hybridized carbons (Fsp3) is 0.273. The second-order valence-corrected chi connectivity index (χ2v) is 7.79. The molecule has 10 heteroatoms. The molecule has 0 aromatic carbocycles. The fourth-order valence-electron chi connectivity index (χ4n) is 4.06. The minimum atomic E-state index is -0.521. The van der Waals surface area contributed by atoms with Crippen LogP contribution >= 0.6 is 0 Å². The lowest BCUT2D eigenvalue weighted by atomic mass is 9.90. The number of H-pyrrole nitrogens is 1. The van der Waals surface area contributed by atoms with Crippen LogP contribution in [-0.4, -0.2) is 47.9 Å². The quantitative estimate of drug-likeness (QED) is 0.443. The van der Waals surface area contributed by atoms with Gasteiger partial charge in [-0.25, -0.2) is 24.3 Å². The maximum atomic E-state index is 14.5. The molecule has 1 aliphatic carbocycles. The summed E-state index contributed by atoms with van der Waals surface area (Å²) < 4.78 is 14.5. The fourth-order valence-corrected chi connectivity index (χ4v) is 4.06. The van der Waals surface area contributed by atoms with Gasteiger partial charge in [0.15, 0.2) is 17.5 Å². The maximum absolute atomic E-state index is 14.5. The number of fused-ring (bicyclic) bond motifs is 1. The zero-order chi connectivity index (χ0) is 21.9. The largest absolute Gasteiger partial charge is 0.365 e. The first kappa shape index (κ1) is 20.0. The Hall–Kier alpha value is -3.95. The van der Waals surface area contributed by atoms with Crippen LogP contribution in [-0.2, 0) is 0 Å². The van der Waals surface area contributed by atoms with E-state index < -0.39 is 5.82 Å². The highest BCUT2D eigenvalue weighted by Gasteiger charge is 2.25. The summed E-state index contributed by atoms with van der Waals surface area (Å²) in [4.78, 5) is 36.2. The van der Waals surface area contributed by atoms with E-state index in [9.17, 15) is 9.18 Å². The van der Waals surface area contributed by atoms with Gasteiger partial charge in [-0.05, 0) is 37.8 Å². The predicted octanol–water partition coefficient (Wildman–Crippen LogP) is 3.10. The maximum Gasteiger partial charge on any atom is 0.251 e. The van der Waals surface area contributed by atoms with E-state index >= 15 is 0 Å². The molecule has 4 aromatic heterocycles. The number of nitrogens with zero attached hydrogens (tertiary/aromatic N) is 5. The Bertz CT molecular complexity index is 1250. The molecule has 0 aliphatic heterocycles. The van der Waals surface area contributed by atoms with Crippen molar-refractivity contribution in [1.29, 1.82) is 0 Å². The molecule has 162 valence electrons. The van der Waals surface area contributed by atoms with Crippen LogP contribution in [0.2, 0.25) is 0 Å². The highest BCUT2D eigenvalue weighted by molar-refractivity contribution is 5.94. The first-order valence-electron chi connectivity index (χ1n) is 10.4. The molecule has 2 atom stereocenters. The molecule has 9 nitrogen and oxygen atoms in total. The van der Waals surface area contributed by atoms with Crippen LogP contribution in [0.1, 0.15) is 36.0 Å². The molecule has 2 unspecified atom stereocenters. The molecule has 4 heterocycles. The van der Waals surface area contributed by atoms with Crippen molar-refractivity contribution in [2.75, 3.05) is 5.32 Å². The lowest BCUT2D eigenvalue weighted by Gasteiger charge is -2.30. The van der Waals surface area contributed by atoms with Gasteiger partial charge in [-0.1, -0.05) is 0 Å². The number of hydrogen-bond acceptors (Lipinski definition) is 7. The Morgan fingerprint density at radius 3 is 2.81 bits per heavy atom. The van der Waals surface area contributed by atoms with Crippen LogP contribution < -0.4 is 10.6 Å². The van der Waals surface area contributed by atoms with Gasteiger partial charge >= 0.3 is 0 Å². The first-order chi connectivity index (χ1) is 15.7. The number of halogens is 1. The SMILES string of the molecule is O=C(NC1CCCC(Nc2nc(-c3c[nH]c4ncncc34)ncc2F)C1)c1ccncc1. The van der Waals surface area contributed by atoms with Gasteiger partial charge < -0.3 is 15.6 Å². The third kappa shape index (κ3) is 4.11. The molecule has 5 rings (SSSR count). The number of hydrogen-bond donors (Lipinski definition) is 3. The van der Waals surface area contributed by atoms with Gasteiger partial charge in [0, 0.05) is 53.4 Å². The van der Waals surface area contributed by atoms with E-state index in [2.05, 4.69) is 40.5 Å². The minimum absolute atomic E-state index is 0.00273. The van der Waals surface area contributed by atoms with Crippen molar-refractivity contribution in [3.05, 3.63) is 60.8 Å². The molecule has 1 amide bonds. The molecular formula is C22H21FN8O. The van der Waals surface area contributed by atoms with Crippen LogP contribution in [0.3, 0.4) is 0 Å². The van der Waals surface area contributed by atoms with Crippen molar-refractivity contribution in [1.82, 2.24) is 35.2 Å². The molecule has 0 radical (unpaired) electrons. The summed E-state index contributed by atoms with van der Waals surface area (Å²) in [6.07, 6.45) is 12.5. The molecule has 32 heavy (non-hydrogen) atoms. The van der Waals surface area contributed by atoms with Crippen molar-refractivity contribution in [3.8, 4) is 11.4 Å². The molecule has 0 bridgehead atoms. The van der Waals surface area contributed by atoms with Crippen LogP contribution in [0.25, 0.3) is 22.4 Å². The summed E-state index contributed by atoms with van der Waals surface area (Å²) in [5, 5.41) is 7.05. The molecule has 0 saturated heterocycles. The smallest absolute Gasteiger partial charge is 0.251 e. The van der Waals surface area contributed by atoms with E-state index in [-0.39, 0.29) is 23.8 Å². The molecule has 3 N–H and O–H groups in total. The van der Waals surface area contributed by atoms with E-state index in [4.69, 9.17) is 0 Å². The zero-order valence-corrected chi connectivity index (χ0v) is 17.1. The Labute approximate surface area is 183 Å². The van der Waals surface area contributed by atoms with Gasteiger partial charge in [0.2, 0.25) is 0 Å². The van der Waals surface area contributed by atoms with Crippen molar-refractivity contribution in [2.24, 2.45) is 0 Å². The van der Waals surface area contributed by atoms with Gasteiger partial charge in [0.25, 0.3) is 5.91 Å². The van der Waals surface area contributed by atoms with Gasteiger partial charge in [-0.3, -0.25) is 9.78 Å². The van der Waals surface area contributed by atoms with E-state index in [0.717, 1.165) is 24.6 Å². The third-order valence-corrected chi connectivity index (χ3v) is 5.63. The number of carbonyl (C=O) groups is 1.